The molecule has 6 heteroatoms. The SMILES string of the molecule is COc1cc(I)c(-c2cnoc2-c2ccccc2Br)cc1OC. The summed E-state index contributed by atoms with van der Waals surface area (Å²) in [6.07, 6.45) is 1.72. The van der Waals surface area contributed by atoms with E-state index in [2.05, 4.69) is 43.7 Å². The molecule has 0 aliphatic heterocycles. The van der Waals surface area contributed by atoms with E-state index in [0.717, 1.165) is 24.7 Å². The molecule has 0 saturated heterocycles. The molecule has 0 N–H and O–H groups in total. The average molecular weight is 486 g/mol. The minimum absolute atomic E-state index is 0.669. The Balaban J connectivity index is 2.18. The highest BCUT2D eigenvalue weighted by atomic mass is 127. The molecule has 118 valence electrons. The van der Waals surface area contributed by atoms with Gasteiger partial charge in [0.1, 0.15) is 0 Å². The minimum atomic E-state index is 0.669. The van der Waals surface area contributed by atoms with Gasteiger partial charge < -0.3 is 14.0 Å². The molecule has 3 aromatic rings. The summed E-state index contributed by atoms with van der Waals surface area (Å²) in [5, 5.41) is 3.98. The van der Waals surface area contributed by atoms with Gasteiger partial charge in [-0.2, -0.15) is 0 Å². The van der Waals surface area contributed by atoms with Crippen LogP contribution in [0, 0.1) is 3.57 Å². The summed E-state index contributed by atoms with van der Waals surface area (Å²) in [6, 6.07) is 11.8. The maximum absolute atomic E-state index is 5.52. The predicted molar refractivity (Wildman–Crippen MR) is 101 cm³/mol. The Morgan fingerprint density at radius 1 is 1.00 bits per heavy atom. The van der Waals surface area contributed by atoms with Crippen molar-refractivity contribution in [2.24, 2.45) is 0 Å². The molecule has 0 unspecified atom stereocenters. The number of hydrogen-bond donors (Lipinski definition) is 0. The Hall–Kier alpha value is -1.54. The van der Waals surface area contributed by atoms with Gasteiger partial charge in [0.15, 0.2) is 17.3 Å². The zero-order valence-electron chi connectivity index (χ0n) is 12.5. The van der Waals surface area contributed by atoms with Gasteiger partial charge in [0.05, 0.1) is 26.0 Å². The lowest BCUT2D eigenvalue weighted by Crippen LogP contribution is -1.93. The first kappa shape index (κ1) is 16.3. The number of methoxy groups -OCH3 is 2. The topological polar surface area (TPSA) is 44.5 Å². The summed E-state index contributed by atoms with van der Waals surface area (Å²) < 4.78 is 18.3. The molecule has 3 rings (SSSR count). The quantitative estimate of drug-likeness (QED) is 0.464. The first-order chi connectivity index (χ1) is 11.2. The van der Waals surface area contributed by atoms with Crippen molar-refractivity contribution in [3.05, 3.63) is 50.6 Å². The molecule has 0 spiro atoms. The Morgan fingerprint density at radius 2 is 1.70 bits per heavy atom. The van der Waals surface area contributed by atoms with E-state index >= 15 is 0 Å². The molecule has 0 aliphatic carbocycles. The number of hydrogen-bond acceptors (Lipinski definition) is 4. The van der Waals surface area contributed by atoms with Crippen LogP contribution in [0.25, 0.3) is 22.5 Å². The van der Waals surface area contributed by atoms with E-state index in [1.54, 1.807) is 20.4 Å². The Kier molecular flexibility index (Phi) is 4.91. The number of nitrogens with zero attached hydrogens (tertiary/aromatic N) is 1. The Morgan fingerprint density at radius 3 is 2.39 bits per heavy atom. The van der Waals surface area contributed by atoms with Gasteiger partial charge in [-0.05, 0) is 46.9 Å². The van der Waals surface area contributed by atoms with Gasteiger partial charge in [-0.25, -0.2) is 0 Å². The normalized spacial score (nSPS) is 10.6. The van der Waals surface area contributed by atoms with Crippen LogP contribution in [0.1, 0.15) is 0 Å². The lowest BCUT2D eigenvalue weighted by atomic mass is 10.0. The average Bonchev–Trinajstić information content (AvgIpc) is 3.04. The number of halogens is 2. The smallest absolute Gasteiger partial charge is 0.175 e. The number of aromatic nitrogens is 1. The molecule has 0 aliphatic rings. The highest BCUT2D eigenvalue weighted by molar-refractivity contribution is 14.1. The van der Waals surface area contributed by atoms with Crippen LogP contribution in [-0.4, -0.2) is 19.4 Å². The molecular weight excluding hydrogens is 473 g/mol. The molecule has 0 atom stereocenters. The zero-order chi connectivity index (χ0) is 16.4. The van der Waals surface area contributed by atoms with Gasteiger partial charge in [0.25, 0.3) is 0 Å². The fraction of sp³-hybridized carbons (Fsp3) is 0.118. The summed E-state index contributed by atoms with van der Waals surface area (Å²) in [5.74, 6) is 2.07. The third-order valence-corrected chi connectivity index (χ3v) is 5.04. The number of benzene rings is 2. The highest BCUT2D eigenvalue weighted by Gasteiger charge is 2.19. The van der Waals surface area contributed by atoms with Gasteiger partial charge in [-0.1, -0.05) is 33.2 Å². The summed E-state index contributed by atoms with van der Waals surface area (Å²) >= 11 is 5.83. The van der Waals surface area contributed by atoms with Crippen LogP contribution in [0.4, 0.5) is 0 Å². The second-order valence-electron chi connectivity index (χ2n) is 4.74. The van der Waals surface area contributed by atoms with Crippen LogP contribution in [0.3, 0.4) is 0 Å². The van der Waals surface area contributed by atoms with E-state index < -0.39 is 0 Å². The van der Waals surface area contributed by atoms with Crippen molar-refractivity contribution in [3.63, 3.8) is 0 Å². The van der Waals surface area contributed by atoms with E-state index in [1.807, 2.05) is 36.4 Å². The van der Waals surface area contributed by atoms with Crippen LogP contribution < -0.4 is 9.47 Å². The number of ether oxygens (including phenoxy) is 2. The summed E-state index contributed by atoms with van der Waals surface area (Å²) in [4.78, 5) is 0. The zero-order valence-corrected chi connectivity index (χ0v) is 16.2. The largest absolute Gasteiger partial charge is 0.493 e. The molecule has 23 heavy (non-hydrogen) atoms. The van der Waals surface area contributed by atoms with Gasteiger partial charge in [-0.3, -0.25) is 0 Å². The molecule has 1 aromatic heterocycles. The third kappa shape index (κ3) is 3.10. The fourth-order valence-corrected chi connectivity index (χ4v) is 3.53. The summed E-state index contributed by atoms with van der Waals surface area (Å²) in [5.41, 5.74) is 2.84. The Bertz CT molecular complexity index is 848. The Labute approximate surface area is 156 Å². The van der Waals surface area contributed by atoms with E-state index in [9.17, 15) is 0 Å². The number of rotatable bonds is 4. The van der Waals surface area contributed by atoms with Crippen molar-refractivity contribution in [3.8, 4) is 33.9 Å². The molecule has 0 bridgehead atoms. The van der Waals surface area contributed by atoms with Crippen molar-refractivity contribution in [1.29, 1.82) is 0 Å². The second-order valence-corrected chi connectivity index (χ2v) is 6.75. The summed E-state index contributed by atoms with van der Waals surface area (Å²) in [7, 11) is 3.25. The molecule has 0 saturated carbocycles. The molecule has 2 aromatic carbocycles. The maximum Gasteiger partial charge on any atom is 0.175 e. The highest BCUT2D eigenvalue weighted by Crippen LogP contribution is 2.41. The van der Waals surface area contributed by atoms with Gasteiger partial charge >= 0.3 is 0 Å². The van der Waals surface area contributed by atoms with Crippen molar-refractivity contribution < 1.29 is 14.0 Å². The maximum atomic E-state index is 5.52. The molecule has 1 heterocycles. The van der Waals surface area contributed by atoms with Gasteiger partial charge in [0.2, 0.25) is 0 Å². The van der Waals surface area contributed by atoms with Crippen molar-refractivity contribution in [1.82, 2.24) is 5.16 Å². The van der Waals surface area contributed by atoms with Crippen molar-refractivity contribution >= 4 is 38.5 Å². The van der Waals surface area contributed by atoms with Crippen molar-refractivity contribution in [2.45, 2.75) is 0 Å². The molecular formula is C17H13BrINO3. The molecule has 0 radical (unpaired) electrons. The van der Waals surface area contributed by atoms with E-state index in [-0.39, 0.29) is 0 Å². The predicted octanol–water partition coefficient (Wildman–Crippen LogP) is 5.39. The van der Waals surface area contributed by atoms with Gasteiger partial charge in [-0.15, -0.1) is 0 Å². The van der Waals surface area contributed by atoms with E-state index in [1.165, 1.54) is 0 Å². The van der Waals surface area contributed by atoms with Crippen LogP contribution in [-0.2, 0) is 0 Å². The lowest BCUT2D eigenvalue weighted by Gasteiger charge is -2.12. The van der Waals surface area contributed by atoms with Crippen LogP contribution >= 0.6 is 38.5 Å². The first-order valence-electron chi connectivity index (χ1n) is 6.77. The fourth-order valence-electron chi connectivity index (χ4n) is 2.33. The first-order valence-corrected chi connectivity index (χ1v) is 8.64. The van der Waals surface area contributed by atoms with Crippen LogP contribution in [0.15, 0.2) is 51.6 Å². The minimum Gasteiger partial charge on any atom is -0.493 e. The van der Waals surface area contributed by atoms with E-state index in [4.69, 9.17) is 14.0 Å². The standard InChI is InChI=1S/C17H13BrINO3/c1-21-15-7-11(14(19)8-16(15)22-2)12-9-20-23-17(12)10-5-3-4-6-13(10)18/h3-9H,1-2H3. The lowest BCUT2D eigenvalue weighted by molar-refractivity contribution is 0.355. The summed E-state index contributed by atoms with van der Waals surface area (Å²) in [6.45, 7) is 0. The monoisotopic (exact) mass is 485 g/mol. The van der Waals surface area contributed by atoms with Gasteiger partial charge in [0, 0.05) is 19.2 Å². The third-order valence-electron chi connectivity index (χ3n) is 3.45. The molecule has 0 fully saturated rings. The van der Waals surface area contributed by atoms with Crippen molar-refractivity contribution in [2.75, 3.05) is 14.2 Å². The van der Waals surface area contributed by atoms with E-state index in [0.29, 0.717) is 17.3 Å². The molecule has 4 nitrogen and oxygen atoms in total. The van der Waals surface area contributed by atoms with Crippen LogP contribution in [0.2, 0.25) is 0 Å². The second kappa shape index (κ2) is 6.92. The molecule has 0 amide bonds. The van der Waals surface area contributed by atoms with Crippen LogP contribution in [0.5, 0.6) is 11.5 Å².